The van der Waals surface area contributed by atoms with E-state index >= 15 is 0 Å². The molecule has 4 N–H and O–H groups in total. The molecule has 172 valence electrons. The van der Waals surface area contributed by atoms with E-state index in [4.69, 9.17) is 10.2 Å². The zero-order valence-electron chi connectivity index (χ0n) is 17.5. The van der Waals surface area contributed by atoms with Gasteiger partial charge in [-0.3, -0.25) is 0 Å². The molecule has 9 heteroatoms. The molecule has 0 radical (unpaired) electrons. The van der Waals surface area contributed by atoms with Crippen molar-refractivity contribution in [3.8, 4) is 23.7 Å². The van der Waals surface area contributed by atoms with E-state index in [0.29, 0.717) is 0 Å². The minimum Gasteiger partial charge on any atom is -0.478 e. The third kappa shape index (κ3) is 5.69. The lowest BCUT2D eigenvalue weighted by atomic mass is 10.0. The molecular weight excluding hydrogens is 459 g/mol. The van der Waals surface area contributed by atoms with Gasteiger partial charge in [0.05, 0.1) is 27.8 Å². The van der Waals surface area contributed by atoms with Crippen molar-refractivity contribution in [1.82, 2.24) is 0 Å². The number of carboxylic acids is 4. The Morgan fingerprint density at radius 3 is 1.29 bits per heavy atom. The van der Waals surface area contributed by atoms with E-state index in [9.17, 15) is 33.8 Å². The molecule has 0 aliphatic heterocycles. The number of carbonyl (C=O) groups is 4. The van der Waals surface area contributed by atoms with Gasteiger partial charge in [0, 0.05) is 16.7 Å². The largest absolute Gasteiger partial charge is 0.478 e. The number of benzene rings is 3. The minimum absolute atomic E-state index is 0.0197. The van der Waals surface area contributed by atoms with E-state index in [-0.39, 0.29) is 27.8 Å². The molecule has 0 aliphatic carbocycles. The molecule has 3 aromatic carbocycles. The van der Waals surface area contributed by atoms with Gasteiger partial charge in [0.1, 0.15) is 5.82 Å². The smallest absolute Gasteiger partial charge is 0.336 e. The fourth-order valence-corrected chi connectivity index (χ4v) is 2.95. The van der Waals surface area contributed by atoms with Gasteiger partial charge in [-0.05, 0) is 54.6 Å². The molecule has 0 saturated carbocycles. The van der Waals surface area contributed by atoms with Crippen LogP contribution in [0, 0.1) is 29.5 Å². The number of hydrogen-bond acceptors (Lipinski definition) is 4. The molecule has 0 saturated heterocycles. The summed E-state index contributed by atoms with van der Waals surface area (Å²) in [5, 5.41) is 36.5. The molecule has 0 aliphatic rings. The monoisotopic (exact) mass is 472 g/mol. The zero-order chi connectivity index (χ0) is 25.7. The first-order chi connectivity index (χ1) is 16.6. The van der Waals surface area contributed by atoms with Crippen molar-refractivity contribution in [2.75, 3.05) is 0 Å². The minimum atomic E-state index is -1.44. The third-order valence-corrected chi connectivity index (χ3v) is 4.62. The molecule has 0 amide bonds. The number of hydrogen-bond donors (Lipinski definition) is 4. The number of rotatable bonds is 4. The maximum absolute atomic E-state index is 14.5. The fraction of sp³-hybridized carbons (Fsp3) is 0. The summed E-state index contributed by atoms with van der Waals surface area (Å²) >= 11 is 0. The van der Waals surface area contributed by atoms with E-state index in [1.807, 2.05) is 0 Å². The first-order valence-electron chi connectivity index (χ1n) is 9.61. The normalized spacial score (nSPS) is 9.74. The van der Waals surface area contributed by atoms with Crippen LogP contribution in [0.5, 0.6) is 0 Å². The Labute approximate surface area is 196 Å². The van der Waals surface area contributed by atoms with Crippen LogP contribution in [0.15, 0.2) is 54.6 Å². The Balaban J connectivity index is 1.87. The molecule has 8 nitrogen and oxygen atoms in total. The summed E-state index contributed by atoms with van der Waals surface area (Å²) in [6, 6.07) is 10.9. The molecule has 0 bridgehead atoms. The summed E-state index contributed by atoms with van der Waals surface area (Å²) < 4.78 is 14.5. The quantitative estimate of drug-likeness (QED) is 0.422. The maximum atomic E-state index is 14.5. The molecule has 0 heterocycles. The summed E-state index contributed by atoms with van der Waals surface area (Å²) in [5.74, 6) is 4.06. The van der Waals surface area contributed by atoms with Gasteiger partial charge in [0.15, 0.2) is 0 Å². The second-order valence-corrected chi connectivity index (χ2v) is 6.94. The average molecular weight is 472 g/mol. The van der Waals surface area contributed by atoms with Gasteiger partial charge in [-0.15, -0.1) is 0 Å². The van der Waals surface area contributed by atoms with Crippen LogP contribution in [-0.2, 0) is 0 Å². The summed E-state index contributed by atoms with van der Waals surface area (Å²) in [5.41, 5.74) is -1.04. The Hall–Kier alpha value is -5.41. The highest BCUT2D eigenvalue weighted by atomic mass is 19.1. The molecule has 0 atom stereocenters. The Morgan fingerprint density at radius 1 is 0.514 bits per heavy atom. The lowest BCUT2D eigenvalue weighted by Crippen LogP contribution is -2.08. The van der Waals surface area contributed by atoms with Crippen molar-refractivity contribution < 1.29 is 44.0 Å². The van der Waals surface area contributed by atoms with Crippen molar-refractivity contribution in [2.45, 2.75) is 0 Å². The number of halogens is 1. The predicted molar refractivity (Wildman–Crippen MR) is 119 cm³/mol. The summed E-state index contributed by atoms with van der Waals surface area (Å²) in [6.45, 7) is 0. The lowest BCUT2D eigenvalue weighted by Gasteiger charge is -2.02. The van der Waals surface area contributed by atoms with Crippen molar-refractivity contribution in [3.63, 3.8) is 0 Å². The van der Waals surface area contributed by atoms with Crippen LogP contribution in [-0.4, -0.2) is 44.3 Å². The van der Waals surface area contributed by atoms with Crippen LogP contribution in [0.4, 0.5) is 4.39 Å². The van der Waals surface area contributed by atoms with Crippen LogP contribution < -0.4 is 0 Å². The van der Waals surface area contributed by atoms with Crippen LogP contribution in [0.1, 0.15) is 63.7 Å². The Morgan fingerprint density at radius 2 is 0.886 bits per heavy atom. The van der Waals surface area contributed by atoms with Crippen LogP contribution >= 0.6 is 0 Å². The van der Waals surface area contributed by atoms with E-state index in [1.165, 1.54) is 24.3 Å². The zero-order valence-corrected chi connectivity index (χ0v) is 17.5. The van der Waals surface area contributed by atoms with Gasteiger partial charge in [0.2, 0.25) is 0 Å². The van der Waals surface area contributed by atoms with Crippen molar-refractivity contribution in [3.05, 3.63) is 105 Å². The molecule has 0 aromatic heterocycles. The second-order valence-electron chi connectivity index (χ2n) is 6.94. The molecular formula is C26H13FO8. The number of carboxylic acid groups (broad SMARTS) is 4. The van der Waals surface area contributed by atoms with Gasteiger partial charge in [-0.25, -0.2) is 23.6 Å². The first kappa shape index (κ1) is 24.2. The average Bonchev–Trinajstić information content (AvgIpc) is 2.81. The van der Waals surface area contributed by atoms with Crippen molar-refractivity contribution in [2.24, 2.45) is 0 Å². The van der Waals surface area contributed by atoms with E-state index in [1.54, 1.807) is 0 Å². The standard InChI is InChI=1S/C26H13FO8/c27-22-13-16(2-1-14-5-9-18(23(28)29)20(11-14)25(32)33)4-8-17(22)7-3-15-6-10-19(24(30)31)21(12-15)26(34)35/h4-6,8-13H,(H,28,29)(H,30,31)(H,32,33)(H,34,35). The highest BCUT2D eigenvalue weighted by Crippen LogP contribution is 2.15. The summed E-state index contributed by atoms with van der Waals surface area (Å²) in [7, 11) is 0. The van der Waals surface area contributed by atoms with E-state index in [2.05, 4.69) is 23.7 Å². The molecule has 3 aromatic rings. The molecule has 35 heavy (non-hydrogen) atoms. The van der Waals surface area contributed by atoms with E-state index in [0.717, 1.165) is 30.3 Å². The van der Waals surface area contributed by atoms with Crippen molar-refractivity contribution in [1.29, 1.82) is 0 Å². The van der Waals surface area contributed by atoms with Gasteiger partial charge < -0.3 is 20.4 Å². The molecule has 0 spiro atoms. The van der Waals surface area contributed by atoms with Gasteiger partial charge >= 0.3 is 23.9 Å². The molecule has 0 fully saturated rings. The number of aromatic carboxylic acids is 4. The lowest BCUT2D eigenvalue weighted by molar-refractivity contribution is 0.0651. The molecule has 0 unspecified atom stereocenters. The summed E-state index contributed by atoms with van der Waals surface area (Å²) in [6.07, 6.45) is 0. The maximum Gasteiger partial charge on any atom is 0.336 e. The SMILES string of the molecule is O=C(O)c1ccc(C#Cc2ccc(C#Cc3ccc(C(=O)O)c(C(=O)O)c3)c(F)c2)cc1C(=O)O. The predicted octanol–water partition coefficient (Wildman–Crippen LogP) is 3.42. The highest BCUT2D eigenvalue weighted by Gasteiger charge is 2.17. The first-order valence-corrected chi connectivity index (χ1v) is 9.61. The van der Waals surface area contributed by atoms with Crippen LogP contribution in [0.25, 0.3) is 0 Å². The highest BCUT2D eigenvalue weighted by molar-refractivity contribution is 6.02. The van der Waals surface area contributed by atoms with Gasteiger partial charge in [-0.1, -0.05) is 23.7 Å². The molecule has 3 rings (SSSR count). The van der Waals surface area contributed by atoms with E-state index < -0.39 is 46.4 Å². The van der Waals surface area contributed by atoms with Crippen molar-refractivity contribution >= 4 is 23.9 Å². The van der Waals surface area contributed by atoms with Gasteiger partial charge in [-0.2, -0.15) is 0 Å². The second kappa shape index (κ2) is 10.0. The summed E-state index contributed by atoms with van der Waals surface area (Å²) in [4.78, 5) is 44.8. The fourth-order valence-electron chi connectivity index (χ4n) is 2.95. The third-order valence-electron chi connectivity index (χ3n) is 4.62. The van der Waals surface area contributed by atoms with Gasteiger partial charge in [0.25, 0.3) is 0 Å². The Bertz CT molecular complexity index is 1530. The van der Waals surface area contributed by atoms with Crippen LogP contribution in [0.3, 0.4) is 0 Å². The topological polar surface area (TPSA) is 149 Å². The Kier molecular flexibility index (Phi) is 6.94. The van der Waals surface area contributed by atoms with Crippen LogP contribution in [0.2, 0.25) is 0 Å².